The van der Waals surface area contributed by atoms with E-state index in [0.29, 0.717) is 17.9 Å². The largest absolute Gasteiger partial charge is 0.313 e. The smallest absolute Gasteiger partial charge is 0.0363 e. The van der Waals surface area contributed by atoms with Crippen molar-refractivity contribution in [2.24, 2.45) is 5.92 Å². The Labute approximate surface area is 137 Å². The van der Waals surface area contributed by atoms with E-state index in [-0.39, 0.29) is 0 Å². The summed E-state index contributed by atoms with van der Waals surface area (Å²) in [6.45, 7) is 0. The molecule has 2 aromatic rings. The molecule has 3 atom stereocenters. The molecule has 1 saturated carbocycles. The fourth-order valence-corrected chi connectivity index (χ4v) is 4.31. The molecule has 0 bridgehead atoms. The third-order valence-electron chi connectivity index (χ3n) is 4.10. The number of hydrogen-bond donors (Lipinski definition) is 1. The lowest BCUT2D eigenvalue weighted by Gasteiger charge is -2.19. The van der Waals surface area contributed by atoms with E-state index < -0.39 is 0 Å². The zero-order chi connectivity index (χ0) is 14.1. The molecule has 0 aliphatic heterocycles. The minimum absolute atomic E-state index is 0.405. The van der Waals surface area contributed by atoms with Gasteiger partial charge in [0.05, 0.1) is 0 Å². The molecule has 20 heavy (non-hydrogen) atoms. The monoisotopic (exact) mass is 393 g/mol. The predicted octanol–water partition coefficient (Wildman–Crippen LogP) is 5.28. The normalized spacial score (nSPS) is 22.6. The topological polar surface area (TPSA) is 12.0 Å². The van der Waals surface area contributed by atoms with E-state index in [9.17, 15) is 0 Å². The van der Waals surface area contributed by atoms with Crippen LogP contribution in [0.2, 0.25) is 0 Å². The van der Waals surface area contributed by atoms with Crippen LogP contribution < -0.4 is 5.32 Å². The molecule has 2 aromatic carbocycles. The SMILES string of the molecule is CNC(c1ccc(Br)cc1Br)C1CC1c1ccccc1. The first-order chi connectivity index (χ1) is 9.70. The van der Waals surface area contributed by atoms with Crippen molar-refractivity contribution in [3.8, 4) is 0 Å². The van der Waals surface area contributed by atoms with Crippen molar-refractivity contribution in [2.45, 2.75) is 18.4 Å². The number of hydrogen-bond acceptors (Lipinski definition) is 1. The van der Waals surface area contributed by atoms with Gasteiger partial charge in [-0.15, -0.1) is 0 Å². The predicted molar refractivity (Wildman–Crippen MR) is 90.9 cm³/mol. The fraction of sp³-hybridized carbons (Fsp3) is 0.294. The van der Waals surface area contributed by atoms with Crippen LogP contribution in [0, 0.1) is 5.92 Å². The first-order valence-corrected chi connectivity index (χ1v) is 8.46. The van der Waals surface area contributed by atoms with E-state index in [1.54, 1.807) is 0 Å². The van der Waals surface area contributed by atoms with Crippen LogP contribution in [0.25, 0.3) is 0 Å². The van der Waals surface area contributed by atoms with Gasteiger partial charge in [-0.1, -0.05) is 68.3 Å². The molecule has 1 nitrogen and oxygen atoms in total. The highest BCUT2D eigenvalue weighted by atomic mass is 79.9. The van der Waals surface area contributed by atoms with E-state index in [1.807, 2.05) is 0 Å². The highest BCUT2D eigenvalue weighted by molar-refractivity contribution is 9.11. The minimum atomic E-state index is 0.405. The number of nitrogens with one attached hydrogen (secondary N) is 1. The second kappa shape index (κ2) is 6.00. The number of rotatable bonds is 4. The van der Waals surface area contributed by atoms with Crippen LogP contribution in [-0.2, 0) is 0 Å². The van der Waals surface area contributed by atoms with E-state index in [1.165, 1.54) is 22.0 Å². The summed E-state index contributed by atoms with van der Waals surface area (Å²) in [6.07, 6.45) is 1.26. The van der Waals surface area contributed by atoms with Gasteiger partial charge < -0.3 is 5.32 Å². The van der Waals surface area contributed by atoms with Gasteiger partial charge in [-0.2, -0.15) is 0 Å². The second-order valence-electron chi connectivity index (χ2n) is 5.35. The van der Waals surface area contributed by atoms with E-state index in [4.69, 9.17) is 0 Å². The number of benzene rings is 2. The quantitative estimate of drug-likeness (QED) is 0.744. The molecule has 104 valence electrons. The van der Waals surface area contributed by atoms with Gasteiger partial charge in [0.1, 0.15) is 0 Å². The Morgan fingerprint density at radius 2 is 1.85 bits per heavy atom. The van der Waals surface area contributed by atoms with Crippen LogP contribution in [0.15, 0.2) is 57.5 Å². The van der Waals surface area contributed by atoms with Gasteiger partial charge in [-0.25, -0.2) is 0 Å². The van der Waals surface area contributed by atoms with Gasteiger partial charge in [-0.05, 0) is 48.6 Å². The van der Waals surface area contributed by atoms with Gasteiger partial charge >= 0.3 is 0 Å². The molecule has 1 fully saturated rings. The molecule has 1 aliphatic rings. The molecule has 3 unspecified atom stereocenters. The average molecular weight is 395 g/mol. The molecule has 0 aromatic heterocycles. The summed E-state index contributed by atoms with van der Waals surface area (Å²) in [4.78, 5) is 0. The first kappa shape index (κ1) is 14.3. The van der Waals surface area contributed by atoms with Gasteiger partial charge in [0.2, 0.25) is 0 Å². The Kier molecular flexibility index (Phi) is 4.29. The summed E-state index contributed by atoms with van der Waals surface area (Å²) >= 11 is 7.21. The molecule has 0 heterocycles. The van der Waals surface area contributed by atoms with Crippen LogP contribution >= 0.6 is 31.9 Å². The summed E-state index contributed by atoms with van der Waals surface area (Å²) in [5, 5.41) is 3.50. The molecule has 0 radical (unpaired) electrons. The average Bonchev–Trinajstić information content (AvgIpc) is 3.23. The maximum absolute atomic E-state index is 3.69. The fourth-order valence-electron chi connectivity index (χ4n) is 3.02. The molecule has 0 saturated heterocycles. The van der Waals surface area contributed by atoms with Crippen LogP contribution in [-0.4, -0.2) is 7.05 Å². The van der Waals surface area contributed by atoms with Crippen molar-refractivity contribution in [1.29, 1.82) is 0 Å². The van der Waals surface area contributed by atoms with E-state index in [2.05, 4.69) is 92.8 Å². The lowest BCUT2D eigenvalue weighted by atomic mass is 9.99. The van der Waals surface area contributed by atoms with Crippen LogP contribution in [0.3, 0.4) is 0 Å². The van der Waals surface area contributed by atoms with Crippen LogP contribution in [0.5, 0.6) is 0 Å². The Balaban J connectivity index is 1.82. The van der Waals surface area contributed by atoms with Gasteiger partial charge in [-0.3, -0.25) is 0 Å². The molecule has 3 heteroatoms. The third kappa shape index (κ3) is 2.85. The Bertz CT molecular complexity index is 597. The van der Waals surface area contributed by atoms with Crippen molar-refractivity contribution in [3.05, 3.63) is 68.6 Å². The van der Waals surface area contributed by atoms with Gasteiger partial charge in [0.15, 0.2) is 0 Å². The Morgan fingerprint density at radius 3 is 2.50 bits per heavy atom. The van der Waals surface area contributed by atoms with E-state index >= 15 is 0 Å². The summed E-state index contributed by atoms with van der Waals surface area (Å²) in [5.41, 5.74) is 2.81. The highest BCUT2D eigenvalue weighted by Crippen LogP contribution is 2.54. The maximum Gasteiger partial charge on any atom is 0.0363 e. The second-order valence-corrected chi connectivity index (χ2v) is 7.12. The third-order valence-corrected chi connectivity index (χ3v) is 5.28. The van der Waals surface area contributed by atoms with Crippen molar-refractivity contribution in [2.75, 3.05) is 7.05 Å². The molecule has 0 spiro atoms. The van der Waals surface area contributed by atoms with Crippen molar-refractivity contribution in [1.82, 2.24) is 5.32 Å². The lowest BCUT2D eigenvalue weighted by molar-refractivity contribution is 0.516. The molecular formula is C17H17Br2N. The maximum atomic E-state index is 3.69. The Morgan fingerprint density at radius 1 is 1.10 bits per heavy atom. The molecule has 0 amide bonds. The van der Waals surface area contributed by atoms with Crippen LogP contribution in [0.1, 0.15) is 29.5 Å². The van der Waals surface area contributed by atoms with Crippen molar-refractivity contribution in [3.63, 3.8) is 0 Å². The van der Waals surface area contributed by atoms with E-state index in [0.717, 1.165) is 4.47 Å². The summed E-state index contributed by atoms with van der Waals surface area (Å²) in [7, 11) is 2.06. The molecular weight excluding hydrogens is 378 g/mol. The number of halogens is 2. The van der Waals surface area contributed by atoms with Crippen LogP contribution in [0.4, 0.5) is 0 Å². The molecule has 1 N–H and O–H groups in total. The first-order valence-electron chi connectivity index (χ1n) is 6.88. The van der Waals surface area contributed by atoms with Crippen molar-refractivity contribution < 1.29 is 0 Å². The summed E-state index contributed by atoms with van der Waals surface area (Å²) in [6, 6.07) is 17.7. The Hall–Kier alpha value is -0.640. The zero-order valence-electron chi connectivity index (χ0n) is 11.3. The molecule has 1 aliphatic carbocycles. The minimum Gasteiger partial charge on any atom is -0.313 e. The van der Waals surface area contributed by atoms with Gasteiger partial charge in [0, 0.05) is 15.0 Å². The zero-order valence-corrected chi connectivity index (χ0v) is 14.5. The highest BCUT2D eigenvalue weighted by Gasteiger charge is 2.44. The lowest BCUT2D eigenvalue weighted by Crippen LogP contribution is -2.19. The standard InChI is InChI=1S/C17H17Br2N/c1-20-17(13-8-7-12(18)9-16(13)19)15-10-14(15)11-5-3-2-4-6-11/h2-9,14-15,17,20H,10H2,1H3. The van der Waals surface area contributed by atoms with Crippen molar-refractivity contribution >= 4 is 31.9 Å². The molecule has 3 rings (SSSR count). The summed E-state index contributed by atoms with van der Waals surface area (Å²) in [5.74, 6) is 1.36. The summed E-state index contributed by atoms with van der Waals surface area (Å²) < 4.78 is 2.28. The van der Waals surface area contributed by atoms with Gasteiger partial charge in [0.25, 0.3) is 0 Å².